The van der Waals surface area contributed by atoms with Gasteiger partial charge in [0.15, 0.2) is 5.13 Å². The molecule has 0 saturated carbocycles. The molecule has 0 aliphatic rings. The van der Waals surface area contributed by atoms with Crippen LogP contribution in [0.4, 0.5) is 9.93 Å². The lowest BCUT2D eigenvalue weighted by molar-refractivity contribution is 0.204. The summed E-state index contributed by atoms with van der Waals surface area (Å²) in [6.07, 6.45) is 1.77. The molecule has 0 fully saturated rings. The highest BCUT2D eigenvalue weighted by molar-refractivity contribution is 7.19. The summed E-state index contributed by atoms with van der Waals surface area (Å²) in [6.45, 7) is 5.83. The zero-order chi connectivity index (χ0) is 16.1. The standard InChI is InChI=1S/C16H21N3O2S/c1-10-6-4-5-7-13(10)14-8-17-16(22-14)19-15(21)18-12(3)11(2)9-20/h4-8,11-12,20H,9H2,1-3H3,(H2,17,18,19,21). The molecule has 2 unspecified atom stereocenters. The zero-order valence-electron chi connectivity index (χ0n) is 13.0. The molecule has 118 valence electrons. The molecule has 0 aliphatic heterocycles. The quantitative estimate of drug-likeness (QED) is 0.792. The zero-order valence-corrected chi connectivity index (χ0v) is 13.8. The van der Waals surface area contributed by atoms with E-state index in [1.165, 1.54) is 16.9 Å². The van der Waals surface area contributed by atoms with Crippen LogP contribution in [-0.4, -0.2) is 28.8 Å². The van der Waals surface area contributed by atoms with Gasteiger partial charge in [-0.05, 0) is 30.9 Å². The fourth-order valence-electron chi connectivity index (χ4n) is 1.95. The number of benzene rings is 1. The van der Waals surface area contributed by atoms with Crippen molar-refractivity contribution in [2.24, 2.45) is 5.92 Å². The van der Waals surface area contributed by atoms with E-state index in [0.717, 1.165) is 10.4 Å². The minimum absolute atomic E-state index is 0.00424. The molecule has 2 atom stereocenters. The number of amides is 2. The molecule has 0 aliphatic carbocycles. The maximum Gasteiger partial charge on any atom is 0.321 e. The highest BCUT2D eigenvalue weighted by Crippen LogP contribution is 2.30. The first-order valence-corrected chi connectivity index (χ1v) is 8.03. The Kier molecular flexibility index (Phi) is 5.51. The Morgan fingerprint density at radius 3 is 2.77 bits per heavy atom. The molecular formula is C16H21N3O2S. The average molecular weight is 319 g/mol. The van der Waals surface area contributed by atoms with Crippen LogP contribution in [0.25, 0.3) is 10.4 Å². The topological polar surface area (TPSA) is 74.2 Å². The van der Waals surface area contributed by atoms with Crippen LogP contribution in [0.15, 0.2) is 30.5 Å². The first kappa shape index (κ1) is 16.5. The summed E-state index contributed by atoms with van der Waals surface area (Å²) >= 11 is 1.44. The molecular weight excluding hydrogens is 298 g/mol. The highest BCUT2D eigenvalue weighted by Gasteiger charge is 2.15. The van der Waals surface area contributed by atoms with Gasteiger partial charge in [-0.2, -0.15) is 0 Å². The Bertz CT molecular complexity index is 642. The third-order valence-corrected chi connectivity index (χ3v) is 4.58. The minimum atomic E-state index is -0.307. The van der Waals surface area contributed by atoms with Crippen molar-refractivity contribution in [2.75, 3.05) is 11.9 Å². The minimum Gasteiger partial charge on any atom is -0.396 e. The number of aliphatic hydroxyl groups excluding tert-OH is 1. The number of hydrogen-bond acceptors (Lipinski definition) is 4. The number of urea groups is 1. The van der Waals surface area contributed by atoms with Gasteiger partial charge in [0.05, 0.1) is 4.88 Å². The van der Waals surface area contributed by atoms with Crippen molar-refractivity contribution >= 4 is 22.5 Å². The molecule has 1 aromatic heterocycles. The lowest BCUT2D eigenvalue weighted by Crippen LogP contribution is -2.40. The Labute approximate surface area is 134 Å². The third-order valence-electron chi connectivity index (χ3n) is 3.64. The second-order valence-corrected chi connectivity index (χ2v) is 6.42. The van der Waals surface area contributed by atoms with Crippen molar-refractivity contribution in [1.82, 2.24) is 10.3 Å². The van der Waals surface area contributed by atoms with Crippen molar-refractivity contribution in [2.45, 2.75) is 26.8 Å². The van der Waals surface area contributed by atoms with Crippen molar-refractivity contribution in [3.05, 3.63) is 36.0 Å². The van der Waals surface area contributed by atoms with Crippen LogP contribution in [-0.2, 0) is 0 Å². The molecule has 6 heteroatoms. The lowest BCUT2D eigenvalue weighted by atomic mass is 10.1. The summed E-state index contributed by atoms with van der Waals surface area (Å²) in [6, 6.07) is 7.65. The number of nitrogens with one attached hydrogen (secondary N) is 2. The second kappa shape index (κ2) is 7.38. The fourth-order valence-corrected chi connectivity index (χ4v) is 2.85. The molecule has 2 rings (SSSR count). The van der Waals surface area contributed by atoms with Crippen molar-refractivity contribution < 1.29 is 9.90 Å². The van der Waals surface area contributed by atoms with Gasteiger partial charge in [0.1, 0.15) is 0 Å². The van der Waals surface area contributed by atoms with Crippen LogP contribution in [0.5, 0.6) is 0 Å². The van der Waals surface area contributed by atoms with Gasteiger partial charge in [-0.15, -0.1) is 0 Å². The molecule has 1 heterocycles. The molecule has 0 spiro atoms. The van der Waals surface area contributed by atoms with Crippen LogP contribution in [0.2, 0.25) is 0 Å². The van der Waals surface area contributed by atoms with Crippen LogP contribution in [0.3, 0.4) is 0 Å². The normalized spacial score (nSPS) is 13.5. The number of carbonyl (C=O) groups is 1. The second-order valence-electron chi connectivity index (χ2n) is 5.39. The van der Waals surface area contributed by atoms with E-state index >= 15 is 0 Å². The number of thiazole rings is 1. The van der Waals surface area contributed by atoms with Crippen molar-refractivity contribution in [3.63, 3.8) is 0 Å². The predicted molar refractivity (Wildman–Crippen MR) is 90.2 cm³/mol. The van der Waals surface area contributed by atoms with E-state index in [2.05, 4.69) is 15.6 Å². The summed E-state index contributed by atoms with van der Waals surface area (Å²) in [7, 11) is 0. The first-order valence-electron chi connectivity index (χ1n) is 7.21. The molecule has 1 aromatic carbocycles. The SMILES string of the molecule is Cc1ccccc1-c1cnc(NC(=O)NC(C)C(C)CO)s1. The molecule has 22 heavy (non-hydrogen) atoms. The molecule has 0 bridgehead atoms. The lowest BCUT2D eigenvalue weighted by Gasteiger charge is -2.18. The Morgan fingerprint density at radius 1 is 1.36 bits per heavy atom. The number of aryl methyl sites for hydroxylation is 1. The van der Waals surface area contributed by atoms with Gasteiger partial charge in [-0.3, -0.25) is 5.32 Å². The summed E-state index contributed by atoms with van der Waals surface area (Å²) in [5.41, 5.74) is 2.29. The maximum absolute atomic E-state index is 11.9. The number of rotatable bonds is 5. The van der Waals surface area contributed by atoms with Gasteiger partial charge in [-0.25, -0.2) is 9.78 Å². The molecule has 0 radical (unpaired) electrons. The largest absolute Gasteiger partial charge is 0.396 e. The number of aliphatic hydroxyl groups is 1. The molecule has 2 aromatic rings. The van der Waals surface area contributed by atoms with E-state index < -0.39 is 0 Å². The summed E-state index contributed by atoms with van der Waals surface area (Å²) in [5, 5.41) is 15.2. The number of carbonyl (C=O) groups excluding carboxylic acids is 1. The number of anilines is 1. The van der Waals surface area contributed by atoms with Crippen LogP contribution in [0.1, 0.15) is 19.4 Å². The summed E-state index contributed by atoms with van der Waals surface area (Å²) < 4.78 is 0. The summed E-state index contributed by atoms with van der Waals surface area (Å²) in [4.78, 5) is 17.2. The van der Waals surface area contributed by atoms with Gasteiger partial charge in [0.25, 0.3) is 0 Å². The smallest absolute Gasteiger partial charge is 0.321 e. The molecule has 3 N–H and O–H groups in total. The van der Waals surface area contributed by atoms with Gasteiger partial charge in [0, 0.05) is 18.8 Å². The van der Waals surface area contributed by atoms with Crippen molar-refractivity contribution in [3.8, 4) is 10.4 Å². The number of hydrogen-bond donors (Lipinski definition) is 3. The number of aromatic nitrogens is 1. The molecule has 5 nitrogen and oxygen atoms in total. The molecule has 2 amide bonds. The van der Waals surface area contributed by atoms with E-state index in [-0.39, 0.29) is 24.6 Å². The maximum atomic E-state index is 11.9. The van der Waals surface area contributed by atoms with E-state index in [0.29, 0.717) is 5.13 Å². The first-order chi connectivity index (χ1) is 10.5. The van der Waals surface area contributed by atoms with E-state index in [9.17, 15) is 4.79 Å². The highest BCUT2D eigenvalue weighted by atomic mass is 32.1. The summed E-state index contributed by atoms with van der Waals surface area (Å²) in [5.74, 6) is 0.00424. The van der Waals surface area contributed by atoms with Crippen LogP contribution >= 0.6 is 11.3 Å². The third kappa shape index (κ3) is 4.05. The van der Waals surface area contributed by atoms with E-state index in [1.807, 2.05) is 45.0 Å². The van der Waals surface area contributed by atoms with Crippen LogP contribution in [0, 0.1) is 12.8 Å². The van der Waals surface area contributed by atoms with E-state index in [4.69, 9.17) is 5.11 Å². The monoisotopic (exact) mass is 319 g/mol. The molecule has 0 saturated heterocycles. The van der Waals surface area contributed by atoms with E-state index in [1.54, 1.807) is 6.20 Å². The Hall–Kier alpha value is -1.92. The predicted octanol–water partition coefficient (Wildman–Crippen LogP) is 3.26. The average Bonchev–Trinajstić information content (AvgIpc) is 2.94. The van der Waals surface area contributed by atoms with Gasteiger partial charge in [0.2, 0.25) is 0 Å². The van der Waals surface area contributed by atoms with Gasteiger partial charge >= 0.3 is 6.03 Å². The fraction of sp³-hybridized carbons (Fsp3) is 0.375. The Balaban J connectivity index is 2.01. The van der Waals surface area contributed by atoms with Gasteiger partial charge in [-0.1, -0.05) is 42.5 Å². The number of nitrogens with zero attached hydrogens (tertiary/aromatic N) is 1. The van der Waals surface area contributed by atoms with Gasteiger partial charge < -0.3 is 10.4 Å². The Morgan fingerprint density at radius 2 is 2.09 bits per heavy atom. The van der Waals surface area contributed by atoms with Crippen molar-refractivity contribution in [1.29, 1.82) is 0 Å². The van der Waals surface area contributed by atoms with Crippen LogP contribution < -0.4 is 10.6 Å².